The van der Waals surface area contributed by atoms with E-state index in [4.69, 9.17) is 9.47 Å². The van der Waals surface area contributed by atoms with Crippen LogP contribution in [0.2, 0.25) is 0 Å². The summed E-state index contributed by atoms with van der Waals surface area (Å²) in [6, 6.07) is 6.51. The third-order valence-corrected chi connectivity index (χ3v) is 7.30. The van der Waals surface area contributed by atoms with Gasteiger partial charge in [-0.25, -0.2) is 19.0 Å². The number of benzene rings is 2. The Hall–Kier alpha value is -4.42. The molecule has 234 valence electrons. The number of hydrogen-bond acceptors (Lipinski definition) is 6. The van der Waals surface area contributed by atoms with Crippen molar-refractivity contribution in [1.29, 1.82) is 0 Å². The number of aromatic nitrogens is 4. The topological polar surface area (TPSA) is 100 Å². The lowest BCUT2D eigenvalue weighted by atomic mass is 9.94. The number of alkyl carbamates (subject to hydrolysis) is 1. The molecule has 13 heteroatoms. The van der Waals surface area contributed by atoms with Crippen molar-refractivity contribution in [2.75, 3.05) is 6.61 Å². The van der Waals surface area contributed by atoms with Crippen LogP contribution >= 0.6 is 0 Å². The number of rotatable bonds is 7. The highest BCUT2D eigenvalue weighted by molar-refractivity contribution is 5.92. The summed E-state index contributed by atoms with van der Waals surface area (Å²) in [5, 5.41) is 6.95. The van der Waals surface area contributed by atoms with Crippen LogP contribution in [0, 0.1) is 6.92 Å². The lowest BCUT2D eigenvalue weighted by Crippen LogP contribution is -2.32. The van der Waals surface area contributed by atoms with Crippen molar-refractivity contribution in [3.63, 3.8) is 0 Å². The van der Waals surface area contributed by atoms with Gasteiger partial charge in [0.1, 0.15) is 11.8 Å². The molecule has 0 saturated carbocycles. The van der Waals surface area contributed by atoms with Gasteiger partial charge < -0.3 is 19.4 Å². The van der Waals surface area contributed by atoms with Crippen LogP contribution in [0.15, 0.2) is 42.9 Å². The van der Waals surface area contributed by atoms with Gasteiger partial charge in [-0.3, -0.25) is 4.68 Å². The number of esters is 1. The Balaban J connectivity index is 1.54. The minimum absolute atomic E-state index is 0.0201. The molecule has 0 spiro atoms. The fraction of sp³-hybridized carbons (Fsp3) is 0.419. The second-order valence-electron chi connectivity index (χ2n) is 11.7. The molecule has 0 radical (unpaired) electrons. The summed E-state index contributed by atoms with van der Waals surface area (Å²) in [6.07, 6.45) is -3.87. The minimum Gasteiger partial charge on any atom is -0.464 e. The van der Waals surface area contributed by atoms with E-state index < -0.39 is 41.6 Å². The number of nitrogens with one attached hydrogen (secondary N) is 1. The van der Waals surface area contributed by atoms with Crippen LogP contribution in [0.5, 0.6) is 0 Å². The fourth-order valence-electron chi connectivity index (χ4n) is 5.37. The van der Waals surface area contributed by atoms with E-state index in [-0.39, 0.29) is 42.7 Å². The van der Waals surface area contributed by atoms with Crippen LogP contribution in [0.3, 0.4) is 0 Å². The first-order valence-corrected chi connectivity index (χ1v) is 14.2. The van der Waals surface area contributed by atoms with Crippen LogP contribution in [-0.2, 0) is 40.0 Å². The number of halogens is 4. The van der Waals surface area contributed by atoms with E-state index >= 15 is 0 Å². The monoisotopic (exact) mass is 615 g/mol. The Morgan fingerprint density at radius 2 is 1.86 bits per heavy atom. The number of carbonyl (C=O) groups is 2. The van der Waals surface area contributed by atoms with Crippen LogP contribution in [-0.4, -0.2) is 49.8 Å². The van der Waals surface area contributed by atoms with Gasteiger partial charge in [-0.05, 0) is 62.9 Å². The highest BCUT2D eigenvalue weighted by Crippen LogP contribution is 2.41. The summed E-state index contributed by atoms with van der Waals surface area (Å²) in [5.74, 6) is -0.758. The number of imidazole rings is 1. The summed E-state index contributed by atoms with van der Waals surface area (Å²) in [5.41, 5.74) is 1.15. The van der Waals surface area contributed by atoms with E-state index in [1.54, 1.807) is 63.5 Å². The van der Waals surface area contributed by atoms with Crippen molar-refractivity contribution in [1.82, 2.24) is 24.6 Å². The molecule has 1 aliphatic rings. The third kappa shape index (κ3) is 6.27. The van der Waals surface area contributed by atoms with Gasteiger partial charge in [-0.2, -0.15) is 18.3 Å². The molecular formula is C31H33F4N5O4. The Labute approximate surface area is 251 Å². The normalized spacial score (nSPS) is 15.7. The molecule has 0 bridgehead atoms. The van der Waals surface area contributed by atoms with Gasteiger partial charge in [0.05, 0.1) is 36.3 Å². The predicted octanol–water partition coefficient (Wildman–Crippen LogP) is 6.30. The average molecular weight is 616 g/mol. The van der Waals surface area contributed by atoms with Crippen LogP contribution in [0.25, 0.3) is 22.0 Å². The van der Waals surface area contributed by atoms with Gasteiger partial charge in [-0.1, -0.05) is 24.3 Å². The van der Waals surface area contributed by atoms with Crippen molar-refractivity contribution < 1.29 is 36.6 Å². The number of amides is 1. The Morgan fingerprint density at radius 3 is 2.50 bits per heavy atom. The SMILES string of the molecule is CCOC(=O)C(c1ncn2c1CC(F)C2)n1cc2c(C(F)(F)F)cc(-c3ccc(CNC(=O)OC(C)(C)C)cc3)c(C)c2n1. The zero-order valence-corrected chi connectivity index (χ0v) is 25.0. The number of ether oxygens (including phenoxy) is 2. The molecule has 1 aliphatic heterocycles. The van der Waals surface area contributed by atoms with Crippen LogP contribution < -0.4 is 5.32 Å². The first-order valence-electron chi connectivity index (χ1n) is 14.2. The van der Waals surface area contributed by atoms with E-state index in [1.165, 1.54) is 12.5 Å². The van der Waals surface area contributed by atoms with Crippen molar-refractivity contribution in [2.45, 2.75) is 78.1 Å². The largest absolute Gasteiger partial charge is 0.464 e. The molecule has 2 aromatic carbocycles. The van der Waals surface area contributed by atoms with Gasteiger partial charge >= 0.3 is 18.2 Å². The van der Waals surface area contributed by atoms with Crippen molar-refractivity contribution in [3.05, 3.63) is 70.9 Å². The van der Waals surface area contributed by atoms with E-state index in [0.717, 1.165) is 16.3 Å². The molecule has 44 heavy (non-hydrogen) atoms. The van der Waals surface area contributed by atoms with E-state index in [1.807, 2.05) is 0 Å². The van der Waals surface area contributed by atoms with Gasteiger partial charge in [0.15, 0.2) is 6.04 Å². The molecule has 9 nitrogen and oxygen atoms in total. The van der Waals surface area contributed by atoms with E-state index in [2.05, 4.69) is 15.4 Å². The molecule has 0 fully saturated rings. The minimum atomic E-state index is -4.73. The second kappa shape index (κ2) is 11.6. The number of alkyl halides is 4. The average Bonchev–Trinajstić information content (AvgIpc) is 3.62. The van der Waals surface area contributed by atoms with Gasteiger partial charge in [0.25, 0.3) is 0 Å². The summed E-state index contributed by atoms with van der Waals surface area (Å²) in [4.78, 5) is 29.5. The first kappa shape index (κ1) is 31.0. The highest BCUT2D eigenvalue weighted by atomic mass is 19.4. The first-order chi connectivity index (χ1) is 20.7. The number of nitrogens with zero attached hydrogens (tertiary/aromatic N) is 4. The second-order valence-corrected chi connectivity index (χ2v) is 11.7. The quantitative estimate of drug-likeness (QED) is 0.194. The molecule has 5 rings (SSSR count). The summed E-state index contributed by atoms with van der Waals surface area (Å²) < 4.78 is 70.7. The molecule has 0 saturated heterocycles. The molecule has 2 aromatic heterocycles. The lowest BCUT2D eigenvalue weighted by Gasteiger charge is -2.19. The molecule has 1 N–H and O–H groups in total. The van der Waals surface area contributed by atoms with Crippen LogP contribution in [0.4, 0.5) is 22.4 Å². The molecule has 0 aliphatic carbocycles. The Morgan fingerprint density at radius 1 is 1.16 bits per heavy atom. The summed E-state index contributed by atoms with van der Waals surface area (Å²) >= 11 is 0. The van der Waals surface area contributed by atoms with Crippen molar-refractivity contribution in [3.8, 4) is 11.1 Å². The molecule has 4 aromatic rings. The molecule has 2 unspecified atom stereocenters. The van der Waals surface area contributed by atoms with Crippen molar-refractivity contribution in [2.24, 2.45) is 0 Å². The standard InChI is InChI=1S/C31H33F4N5O4/c1-6-43-28(41)27(26-24-11-20(32)14-39(24)16-37-26)40-15-22-23(31(33,34)35)12-21(17(2)25(22)38-40)19-9-7-18(8-10-19)13-36-29(42)44-30(3,4)5/h7-10,12,15-16,20,27H,6,11,13-14H2,1-5H3,(H,36,42). The number of aryl methyl sites for hydroxylation is 1. The zero-order chi connectivity index (χ0) is 32.0. The van der Waals surface area contributed by atoms with E-state index in [0.29, 0.717) is 22.4 Å². The summed E-state index contributed by atoms with van der Waals surface area (Å²) in [7, 11) is 0. The van der Waals surface area contributed by atoms with Gasteiger partial charge in [-0.15, -0.1) is 0 Å². The third-order valence-electron chi connectivity index (χ3n) is 7.30. The molecule has 2 atom stereocenters. The predicted molar refractivity (Wildman–Crippen MR) is 154 cm³/mol. The van der Waals surface area contributed by atoms with Crippen LogP contribution in [0.1, 0.15) is 61.8 Å². The highest BCUT2D eigenvalue weighted by Gasteiger charge is 2.38. The Kier molecular flexibility index (Phi) is 8.17. The summed E-state index contributed by atoms with van der Waals surface area (Å²) in [6.45, 7) is 8.80. The maximum atomic E-state index is 14.5. The van der Waals surface area contributed by atoms with Crippen molar-refractivity contribution >= 4 is 23.0 Å². The maximum Gasteiger partial charge on any atom is 0.417 e. The van der Waals surface area contributed by atoms with Gasteiger partial charge in [0, 0.05) is 30.2 Å². The van der Waals surface area contributed by atoms with E-state index in [9.17, 15) is 27.2 Å². The maximum absolute atomic E-state index is 14.5. The smallest absolute Gasteiger partial charge is 0.417 e. The van der Waals surface area contributed by atoms with Gasteiger partial charge in [0.2, 0.25) is 0 Å². The Bertz CT molecular complexity index is 1700. The zero-order valence-electron chi connectivity index (χ0n) is 25.0. The molecule has 3 heterocycles. The lowest BCUT2D eigenvalue weighted by molar-refractivity contribution is -0.146. The fourth-order valence-corrected chi connectivity index (χ4v) is 5.37. The number of hydrogen-bond donors (Lipinski definition) is 1. The number of carbonyl (C=O) groups excluding carboxylic acids is 2. The molecule has 1 amide bonds. The molecular weight excluding hydrogens is 582 g/mol. The number of fused-ring (bicyclic) bond motifs is 2.